The molecule has 1 heterocycles. The molecule has 27 heavy (non-hydrogen) atoms. The van der Waals surface area contributed by atoms with Gasteiger partial charge in [0.05, 0.1) is 5.02 Å². The van der Waals surface area contributed by atoms with E-state index in [0.717, 1.165) is 31.4 Å². The van der Waals surface area contributed by atoms with Crippen LogP contribution in [0.2, 0.25) is 5.02 Å². The first-order valence-corrected chi connectivity index (χ1v) is 10.4. The fraction of sp³-hybridized carbons (Fsp3) is 0.667. The van der Waals surface area contributed by atoms with Crippen molar-refractivity contribution in [3.05, 3.63) is 29.0 Å². The predicted octanol–water partition coefficient (Wildman–Crippen LogP) is 5.98. The van der Waals surface area contributed by atoms with Crippen LogP contribution < -0.4 is 4.90 Å². The molecule has 1 saturated carbocycles. The van der Waals surface area contributed by atoms with Crippen molar-refractivity contribution in [1.82, 2.24) is 4.90 Å². The first-order valence-electron chi connectivity index (χ1n) is 9.99. The number of carbonyl (C=O) groups excluding carboxylic acids is 1. The van der Waals surface area contributed by atoms with E-state index in [9.17, 15) is 9.18 Å². The standard InChI is InChI=1S/C21H30ClFN2O2/c1-21(2,3)27-20(26)24-13-7-10-19(24)25(15-8-5-4-6-9-15)16-11-12-18(23)17(22)14-16/h11-12,14-15,19H,4-10,13H2,1-3H3/t19-/m1/s1. The van der Waals surface area contributed by atoms with Gasteiger partial charge >= 0.3 is 6.09 Å². The minimum absolute atomic E-state index is 0.0792. The molecule has 1 atom stereocenters. The quantitative estimate of drug-likeness (QED) is 0.630. The van der Waals surface area contributed by atoms with Gasteiger partial charge in [-0.1, -0.05) is 30.9 Å². The van der Waals surface area contributed by atoms with E-state index in [1.54, 1.807) is 12.1 Å². The summed E-state index contributed by atoms with van der Waals surface area (Å²) < 4.78 is 19.4. The molecule has 4 nitrogen and oxygen atoms in total. The summed E-state index contributed by atoms with van der Waals surface area (Å²) in [5, 5.41) is 0.120. The molecule has 0 spiro atoms. The zero-order valence-corrected chi connectivity index (χ0v) is 17.3. The largest absolute Gasteiger partial charge is 0.444 e. The Morgan fingerprint density at radius 3 is 2.52 bits per heavy atom. The van der Waals surface area contributed by atoms with Gasteiger partial charge in [0.2, 0.25) is 0 Å². The molecule has 1 aliphatic carbocycles. The monoisotopic (exact) mass is 396 g/mol. The molecule has 3 rings (SSSR count). The van der Waals surface area contributed by atoms with Crippen LogP contribution in [0, 0.1) is 5.82 Å². The number of ether oxygens (including phenoxy) is 1. The number of carbonyl (C=O) groups is 1. The first-order chi connectivity index (χ1) is 12.8. The Kier molecular flexibility index (Phi) is 6.19. The summed E-state index contributed by atoms with van der Waals surface area (Å²) >= 11 is 6.08. The van der Waals surface area contributed by atoms with Gasteiger partial charge in [-0.05, 0) is 64.7 Å². The second-order valence-electron chi connectivity index (χ2n) is 8.59. The summed E-state index contributed by atoms with van der Waals surface area (Å²) in [5.74, 6) is -0.417. The summed E-state index contributed by atoms with van der Waals surface area (Å²) in [5.41, 5.74) is 0.354. The maximum absolute atomic E-state index is 13.7. The Bertz CT molecular complexity index is 671. The number of hydrogen-bond donors (Lipinski definition) is 0. The van der Waals surface area contributed by atoms with Crippen LogP contribution in [0.4, 0.5) is 14.9 Å². The fourth-order valence-corrected chi connectivity index (χ4v) is 4.38. The second kappa shape index (κ2) is 8.26. The van der Waals surface area contributed by atoms with Gasteiger partial charge < -0.3 is 9.64 Å². The number of hydrogen-bond acceptors (Lipinski definition) is 3. The van der Waals surface area contributed by atoms with Crippen LogP contribution in [0.3, 0.4) is 0 Å². The molecule has 0 N–H and O–H groups in total. The van der Waals surface area contributed by atoms with Gasteiger partial charge in [0.25, 0.3) is 0 Å². The lowest BCUT2D eigenvalue weighted by molar-refractivity contribution is 0.0215. The summed E-state index contributed by atoms with van der Waals surface area (Å²) in [6.07, 6.45) is 7.21. The molecule has 1 amide bonds. The van der Waals surface area contributed by atoms with Gasteiger partial charge in [-0.15, -0.1) is 0 Å². The van der Waals surface area contributed by atoms with E-state index in [4.69, 9.17) is 16.3 Å². The van der Waals surface area contributed by atoms with E-state index < -0.39 is 11.4 Å². The van der Waals surface area contributed by atoms with Crippen molar-refractivity contribution in [2.24, 2.45) is 0 Å². The highest BCUT2D eigenvalue weighted by Crippen LogP contribution is 2.36. The van der Waals surface area contributed by atoms with E-state index >= 15 is 0 Å². The van der Waals surface area contributed by atoms with Gasteiger partial charge in [0.15, 0.2) is 0 Å². The Morgan fingerprint density at radius 1 is 1.19 bits per heavy atom. The third-order valence-electron chi connectivity index (χ3n) is 5.34. The van der Waals surface area contributed by atoms with Gasteiger partial charge in [-0.25, -0.2) is 9.18 Å². The third-order valence-corrected chi connectivity index (χ3v) is 5.63. The number of rotatable bonds is 3. The molecule has 1 saturated heterocycles. The van der Waals surface area contributed by atoms with E-state index in [-0.39, 0.29) is 17.3 Å². The van der Waals surface area contributed by atoms with E-state index in [0.29, 0.717) is 12.6 Å². The predicted molar refractivity (Wildman–Crippen MR) is 107 cm³/mol. The normalized spacial score (nSPS) is 21.4. The number of anilines is 1. The van der Waals surface area contributed by atoms with Crippen molar-refractivity contribution in [2.75, 3.05) is 11.4 Å². The zero-order valence-electron chi connectivity index (χ0n) is 16.5. The van der Waals surface area contributed by atoms with Gasteiger partial charge in [-0.3, -0.25) is 4.90 Å². The molecule has 0 bridgehead atoms. The number of likely N-dealkylation sites (tertiary alicyclic amines) is 1. The van der Waals surface area contributed by atoms with Crippen molar-refractivity contribution in [1.29, 1.82) is 0 Å². The lowest BCUT2D eigenvalue weighted by Gasteiger charge is -2.43. The minimum atomic E-state index is -0.529. The molecule has 0 unspecified atom stereocenters. The highest BCUT2D eigenvalue weighted by Gasteiger charge is 2.39. The molecule has 150 valence electrons. The smallest absolute Gasteiger partial charge is 0.411 e. The van der Waals surface area contributed by atoms with Crippen LogP contribution in [-0.4, -0.2) is 35.3 Å². The molecule has 2 aliphatic rings. The molecule has 1 aromatic carbocycles. The molecule has 0 aromatic heterocycles. The zero-order chi connectivity index (χ0) is 19.6. The average molecular weight is 397 g/mol. The van der Waals surface area contributed by atoms with Crippen molar-refractivity contribution < 1.29 is 13.9 Å². The van der Waals surface area contributed by atoms with Crippen molar-refractivity contribution in [3.8, 4) is 0 Å². The van der Waals surface area contributed by atoms with Crippen LogP contribution in [0.1, 0.15) is 65.7 Å². The lowest BCUT2D eigenvalue weighted by atomic mass is 9.93. The van der Waals surface area contributed by atoms with Crippen LogP contribution in [0.25, 0.3) is 0 Å². The van der Waals surface area contributed by atoms with Crippen molar-refractivity contribution >= 4 is 23.4 Å². The van der Waals surface area contributed by atoms with Crippen LogP contribution in [-0.2, 0) is 4.74 Å². The number of nitrogens with zero attached hydrogens (tertiary/aromatic N) is 2. The minimum Gasteiger partial charge on any atom is -0.444 e. The van der Waals surface area contributed by atoms with Gasteiger partial charge in [0.1, 0.15) is 17.6 Å². The second-order valence-corrected chi connectivity index (χ2v) is 9.00. The highest BCUT2D eigenvalue weighted by atomic mass is 35.5. The lowest BCUT2D eigenvalue weighted by Crippen LogP contribution is -2.53. The van der Waals surface area contributed by atoms with Gasteiger partial charge in [-0.2, -0.15) is 0 Å². The summed E-state index contributed by atoms with van der Waals surface area (Å²) in [7, 11) is 0. The topological polar surface area (TPSA) is 32.8 Å². The third kappa shape index (κ3) is 4.87. The number of amides is 1. The van der Waals surface area contributed by atoms with E-state index in [1.807, 2.05) is 25.7 Å². The molecular weight excluding hydrogens is 367 g/mol. The molecule has 1 aromatic rings. The Balaban J connectivity index is 1.91. The van der Waals surface area contributed by atoms with Crippen molar-refractivity contribution in [3.63, 3.8) is 0 Å². The maximum atomic E-state index is 13.7. The molecule has 1 aliphatic heterocycles. The molecular formula is C21H30ClFN2O2. The average Bonchev–Trinajstić information content (AvgIpc) is 3.07. The first kappa shape index (κ1) is 20.2. The van der Waals surface area contributed by atoms with Gasteiger partial charge in [0, 0.05) is 18.3 Å². The Hall–Kier alpha value is -1.49. The number of halogens is 2. The van der Waals surface area contributed by atoms with Crippen LogP contribution >= 0.6 is 11.6 Å². The summed E-state index contributed by atoms with van der Waals surface area (Å²) in [4.78, 5) is 16.9. The van der Waals surface area contributed by atoms with E-state index in [1.165, 1.54) is 25.3 Å². The highest BCUT2D eigenvalue weighted by molar-refractivity contribution is 6.31. The maximum Gasteiger partial charge on any atom is 0.411 e. The fourth-order valence-electron chi connectivity index (χ4n) is 4.20. The molecule has 6 heteroatoms. The SMILES string of the molecule is CC(C)(C)OC(=O)N1CCC[C@H]1N(c1ccc(F)c(Cl)c1)C1CCCCC1. The van der Waals surface area contributed by atoms with Crippen molar-refractivity contribution in [2.45, 2.75) is 83.5 Å². The Labute approximate surface area is 166 Å². The summed E-state index contributed by atoms with van der Waals surface area (Å²) in [6, 6.07) is 5.21. The van der Waals surface area contributed by atoms with Crippen LogP contribution in [0.15, 0.2) is 18.2 Å². The molecule has 2 fully saturated rings. The van der Waals surface area contributed by atoms with Crippen LogP contribution in [0.5, 0.6) is 0 Å². The van der Waals surface area contributed by atoms with E-state index in [2.05, 4.69) is 4.90 Å². The number of benzene rings is 1. The Morgan fingerprint density at radius 2 is 1.89 bits per heavy atom. The summed E-state index contributed by atoms with van der Waals surface area (Å²) in [6.45, 7) is 6.33. The molecule has 0 radical (unpaired) electrons.